The topological polar surface area (TPSA) is 40.5 Å². The van der Waals surface area contributed by atoms with E-state index in [-0.39, 0.29) is 12.4 Å². The van der Waals surface area contributed by atoms with Crippen molar-refractivity contribution in [3.63, 3.8) is 0 Å². The van der Waals surface area contributed by atoms with Crippen molar-refractivity contribution in [2.45, 2.75) is 0 Å². The van der Waals surface area contributed by atoms with E-state index < -0.39 is 0 Å². The first-order valence-corrected chi connectivity index (χ1v) is 8.41. The third-order valence-corrected chi connectivity index (χ3v) is 4.62. The Morgan fingerprint density at radius 1 is 0.769 bits per heavy atom. The molecule has 1 aromatic heterocycles. The average Bonchev–Trinajstić information content (AvgIpc) is 3.16. The maximum atomic E-state index is 13.0. The molecule has 0 aliphatic carbocycles. The minimum atomic E-state index is -0.0671. The molecule has 2 heterocycles. The van der Waals surface area contributed by atoms with E-state index in [1.165, 1.54) is 0 Å². The summed E-state index contributed by atoms with van der Waals surface area (Å²) in [6, 6.07) is 25.1. The van der Waals surface area contributed by atoms with Gasteiger partial charge < -0.3 is 9.47 Å². The zero-order valence-corrected chi connectivity index (χ0v) is 13.9. The lowest BCUT2D eigenvalue weighted by atomic mass is 10.0. The lowest BCUT2D eigenvalue weighted by Gasteiger charge is -2.14. The van der Waals surface area contributed by atoms with Gasteiger partial charge in [0.15, 0.2) is 11.5 Å². The predicted octanol–water partition coefficient (Wildman–Crippen LogP) is 4.39. The molecule has 0 amide bonds. The van der Waals surface area contributed by atoms with Gasteiger partial charge in [-0.1, -0.05) is 42.5 Å². The highest BCUT2D eigenvalue weighted by molar-refractivity contribution is 5.95. The van der Waals surface area contributed by atoms with Gasteiger partial charge in [0.1, 0.15) is 0 Å². The van der Waals surface area contributed by atoms with Crippen LogP contribution >= 0.6 is 0 Å². The van der Waals surface area contributed by atoms with Crippen LogP contribution in [0.25, 0.3) is 27.7 Å². The molecule has 4 aromatic rings. The third-order valence-electron chi connectivity index (χ3n) is 4.62. The van der Waals surface area contributed by atoms with Gasteiger partial charge in [0, 0.05) is 17.1 Å². The molecule has 4 heteroatoms. The summed E-state index contributed by atoms with van der Waals surface area (Å²) in [5, 5.41) is 1.01. The summed E-state index contributed by atoms with van der Waals surface area (Å²) >= 11 is 0. The Bertz CT molecular complexity index is 1180. The molecule has 3 aromatic carbocycles. The number of para-hydroxylation sites is 2. The number of hydrogen-bond donors (Lipinski definition) is 0. The standard InChI is InChI=1S/C22H15NO3/c24-22-13-18(15-10-11-20-21(12-15)26-14-25-20)17-8-4-5-9-19(17)23(22)16-6-2-1-3-7-16/h1-13H,14H2. The lowest BCUT2D eigenvalue weighted by Crippen LogP contribution is -2.18. The molecule has 0 fully saturated rings. The van der Waals surface area contributed by atoms with E-state index >= 15 is 0 Å². The number of hydrogen-bond acceptors (Lipinski definition) is 3. The molecular formula is C22H15NO3. The first kappa shape index (κ1) is 14.8. The summed E-state index contributed by atoms with van der Waals surface area (Å²) in [5.41, 5.74) is 3.48. The number of rotatable bonds is 2. The Kier molecular flexibility index (Phi) is 3.28. The summed E-state index contributed by atoms with van der Waals surface area (Å²) in [6.07, 6.45) is 0. The first-order valence-electron chi connectivity index (χ1n) is 8.41. The van der Waals surface area contributed by atoms with Crippen LogP contribution in [0.15, 0.2) is 83.7 Å². The van der Waals surface area contributed by atoms with E-state index in [9.17, 15) is 4.79 Å². The van der Waals surface area contributed by atoms with Gasteiger partial charge in [0.2, 0.25) is 6.79 Å². The van der Waals surface area contributed by atoms with Gasteiger partial charge >= 0.3 is 0 Å². The molecule has 0 spiro atoms. The van der Waals surface area contributed by atoms with E-state index in [0.29, 0.717) is 5.75 Å². The number of benzene rings is 3. The molecule has 0 bridgehead atoms. The molecule has 0 N–H and O–H groups in total. The van der Waals surface area contributed by atoms with Gasteiger partial charge in [-0.05, 0) is 41.5 Å². The van der Waals surface area contributed by atoms with Crippen molar-refractivity contribution in [2.24, 2.45) is 0 Å². The van der Waals surface area contributed by atoms with Crippen LogP contribution in [0.4, 0.5) is 0 Å². The van der Waals surface area contributed by atoms with E-state index in [1.54, 1.807) is 10.6 Å². The Morgan fingerprint density at radius 3 is 2.42 bits per heavy atom. The second kappa shape index (κ2) is 5.77. The van der Waals surface area contributed by atoms with Gasteiger partial charge in [-0.3, -0.25) is 9.36 Å². The van der Waals surface area contributed by atoms with Crippen molar-refractivity contribution in [2.75, 3.05) is 6.79 Å². The summed E-state index contributed by atoms with van der Waals surface area (Å²) < 4.78 is 12.6. The Labute approximate surface area is 149 Å². The molecule has 1 aliphatic heterocycles. The largest absolute Gasteiger partial charge is 0.454 e. The summed E-state index contributed by atoms with van der Waals surface area (Å²) in [6.45, 7) is 0.231. The highest BCUT2D eigenvalue weighted by Crippen LogP contribution is 2.37. The summed E-state index contributed by atoms with van der Waals surface area (Å²) in [7, 11) is 0. The fourth-order valence-corrected chi connectivity index (χ4v) is 3.43. The van der Waals surface area contributed by atoms with Crippen LogP contribution < -0.4 is 15.0 Å². The van der Waals surface area contributed by atoms with Gasteiger partial charge in [-0.15, -0.1) is 0 Å². The van der Waals surface area contributed by atoms with Gasteiger partial charge in [-0.2, -0.15) is 0 Å². The zero-order valence-electron chi connectivity index (χ0n) is 13.9. The van der Waals surface area contributed by atoms with Crippen LogP contribution in [0.1, 0.15) is 0 Å². The molecule has 5 rings (SSSR count). The number of nitrogens with zero attached hydrogens (tertiary/aromatic N) is 1. The van der Waals surface area contributed by atoms with Crippen molar-refractivity contribution in [3.8, 4) is 28.3 Å². The SMILES string of the molecule is O=c1cc(-c2ccc3c(c2)OCO3)c2ccccc2n1-c1ccccc1. The molecule has 0 unspecified atom stereocenters. The monoisotopic (exact) mass is 341 g/mol. The average molecular weight is 341 g/mol. The van der Waals surface area contributed by atoms with E-state index in [0.717, 1.165) is 33.5 Å². The van der Waals surface area contributed by atoms with Crippen LogP contribution in [0, 0.1) is 0 Å². The smallest absolute Gasteiger partial charge is 0.256 e. The Morgan fingerprint density at radius 2 is 1.54 bits per heavy atom. The minimum absolute atomic E-state index is 0.0671. The first-order chi connectivity index (χ1) is 12.8. The lowest BCUT2D eigenvalue weighted by molar-refractivity contribution is 0.174. The highest BCUT2D eigenvalue weighted by atomic mass is 16.7. The molecule has 0 saturated heterocycles. The quantitative estimate of drug-likeness (QED) is 0.543. The number of pyridine rings is 1. The third kappa shape index (κ3) is 2.27. The molecule has 126 valence electrons. The second-order valence-electron chi connectivity index (χ2n) is 6.15. The van der Waals surface area contributed by atoms with Crippen molar-refractivity contribution in [1.29, 1.82) is 0 Å². The predicted molar refractivity (Wildman–Crippen MR) is 101 cm³/mol. The molecule has 26 heavy (non-hydrogen) atoms. The van der Waals surface area contributed by atoms with Crippen LogP contribution in [0.3, 0.4) is 0 Å². The number of aromatic nitrogens is 1. The Hall–Kier alpha value is -3.53. The van der Waals surface area contributed by atoms with Crippen LogP contribution in [0.5, 0.6) is 11.5 Å². The van der Waals surface area contributed by atoms with Crippen LogP contribution in [-0.2, 0) is 0 Å². The van der Waals surface area contributed by atoms with Crippen molar-refractivity contribution >= 4 is 10.9 Å². The van der Waals surface area contributed by atoms with E-state index in [4.69, 9.17) is 9.47 Å². The maximum Gasteiger partial charge on any atom is 0.256 e. The summed E-state index contributed by atoms with van der Waals surface area (Å²) in [5.74, 6) is 1.44. The van der Waals surface area contributed by atoms with Crippen LogP contribution in [-0.4, -0.2) is 11.4 Å². The molecule has 0 atom stereocenters. The van der Waals surface area contributed by atoms with Crippen molar-refractivity contribution in [1.82, 2.24) is 4.57 Å². The van der Waals surface area contributed by atoms with Gasteiger partial charge in [0.05, 0.1) is 5.52 Å². The van der Waals surface area contributed by atoms with Gasteiger partial charge in [0.25, 0.3) is 5.56 Å². The number of fused-ring (bicyclic) bond motifs is 2. The second-order valence-corrected chi connectivity index (χ2v) is 6.15. The minimum Gasteiger partial charge on any atom is -0.454 e. The molecule has 4 nitrogen and oxygen atoms in total. The van der Waals surface area contributed by atoms with E-state index in [2.05, 4.69) is 0 Å². The van der Waals surface area contributed by atoms with Gasteiger partial charge in [-0.25, -0.2) is 0 Å². The summed E-state index contributed by atoms with van der Waals surface area (Å²) in [4.78, 5) is 13.0. The van der Waals surface area contributed by atoms with Crippen LogP contribution in [0.2, 0.25) is 0 Å². The molecule has 1 aliphatic rings. The fourth-order valence-electron chi connectivity index (χ4n) is 3.43. The van der Waals surface area contributed by atoms with E-state index in [1.807, 2.05) is 72.8 Å². The van der Waals surface area contributed by atoms with Crippen molar-refractivity contribution in [3.05, 3.63) is 89.2 Å². The zero-order chi connectivity index (χ0) is 17.5. The maximum absolute atomic E-state index is 13.0. The molecule has 0 saturated carbocycles. The van der Waals surface area contributed by atoms with Crippen molar-refractivity contribution < 1.29 is 9.47 Å². The Balaban J connectivity index is 1.80. The molecular weight excluding hydrogens is 326 g/mol. The normalized spacial score (nSPS) is 12.5. The fraction of sp³-hybridized carbons (Fsp3) is 0.0455. The highest BCUT2D eigenvalue weighted by Gasteiger charge is 2.16. The molecule has 0 radical (unpaired) electrons. The number of ether oxygens (including phenoxy) is 2.